The minimum absolute atomic E-state index is 0.167. The summed E-state index contributed by atoms with van der Waals surface area (Å²) in [7, 11) is 0. The number of nitrogens with zero attached hydrogens (tertiary/aromatic N) is 4. The van der Waals surface area contributed by atoms with E-state index in [-0.39, 0.29) is 12.1 Å². The Labute approximate surface area is 139 Å². The lowest BCUT2D eigenvalue weighted by Gasteiger charge is -2.31. The van der Waals surface area contributed by atoms with Crippen molar-refractivity contribution in [3.05, 3.63) is 35.3 Å². The molecule has 8 heteroatoms. The van der Waals surface area contributed by atoms with E-state index in [1.54, 1.807) is 18.0 Å². The zero-order valence-corrected chi connectivity index (χ0v) is 13.5. The summed E-state index contributed by atoms with van der Waals surface area (Å²) < 4.78 is 11.0. The Hall–Kier alpha value is -2.48. The lowest BCUT2D eigenvalue weighted by atomic mass is 10.2. The van der Waals surface area contributed by atoms with E-state index in [2.05, 4.69) is 20.5 Å². The lowest BCUT2D eigenvalue weighted by Crippen LogP contribution is -2.44. The van der Waals surface area contributed by atoms with Gasteiger partial charge in [-0.05, 0) is 30.9 Å². The van der Waals surface area contributed by atoms with E-state index < -0.39 is 0 Å². The van der Waals surface area contributed by atoms with Gasteiger partial charge in [-0.1, -0.05) is 0 Å². The van der Waals surface area contributed by atoms with Crippen LogP contribution >= 0.6 is 0 Å². The van der Waals surface area contributed by atoms with Gasteiger partial charge >= 0.3 is 6.03 Å². The maximum atomic E-state index is 12.5. The molecule has 1 saturated heterocycles. The SMILES string of the molecule is Cc1nnc([C@@H]2CN(C(=O)Nc3cnc4c(c3)CCC4)CCO2)o1. The fraction of sp³-hybridized carbons (Fsp3) is 0.500. The summed E-state index contributed by atoms with van der Waals surface area (Å²) in [4.78, 5) is 18.6. The van der Waals surface area contributed by atoms with Gasteiger partial charge in [0, 0.05) is 19.2 Å². The van der Waals surface area contributed by atoms with Crippen molar-refractivity contribution >= 4 is 11.7 Å². The van der Waals surface area contributed by atoms with Crippen molar-refractivity contribution in [2.75, 3.05) is 25.0 Å². The normalized spacial score (nSPS) is 20.0. The minimum Gasteiger partial charge on any atom is -0.423 e. The van der Waals surface area contributed by atoms with Gasteiger partial charge in [0.15, 0.2) is 6.10 Å². The number of fused-ring (bicyclic) bond motifs is 1. The Morgan fingerprint density at radius 1 is 1.38 bits per heavy atom. The van der Waals surface area contributed by atoms with E-state index in [4.69, 9.17) is 9.15 Å². The van der Waals surface area contributed by atoms with Gasteiger partial charge in [0.1, 0.15) is 0 Å². The molecule has 2 amide bonds. The molecule has 1 aliphatic carbocycles. The number of hydrogen-bond acceptors (Lipinski definition) is 6. The first-order chi connectivity index (χ1) is 11.7. The highest BCUT2D eigenvalue weighted by Gasteiger charge is 2.29. The second kappa shape index (κ2) is 6.20. The van der Waals surface area contributed by atoms with Crippen LogP contribution in [0.2, 0.25) is 0 Å². The number of urea groups is 1. The number of hydrogen-bond donors (Lipinski definition) is 1. The van der Waals surface area contributed by atoms with Crippen molar-refractivity contribution in [3.8, 4) is 0 Å². The number of anilines is 1. The van der Waals surface area contributed by atoms with E-state index in [0.29, 0.717) is 31.5 Å². The fourth-order valence-corrected chi connectivity index (χ4v) is 3.12. The molecule has 4 rings (SSSR count). The van der Waals surface area contributed by atoms with Crippen LogP contribution in [-0.2, 0) is 17.6 Å². The Morgan fingerprint density at radius 2 is 2.29 bits per heavy atom. The first-order valence-electron chi connectivity index (χ1n) is 8.14. The standard InChI is InChI=1S/C16H19N5O3/c1-10-19-20-15(24-10)14-9-21(5-6-23-14)16(22)18-12-7-11-3-2-4-13(11)17-8-12/h7-8,14H,2-6,9H2,1H3,(H,18,22)/t14-/m0/s1. The summed E-state index contributed by atoms with van der Waals surface area (Å²) in [6.45, 7) is 3.06. The van der Waals surface area contributed by atoms with Gasteiger partial charge < -0.3 is 19.4 Å². The number of aryl methyl sites for hydroxylation is 3. The van der Waals surface area contributed by atoms with E-state index in [9.17, 15) is 4.79 Å². The van der Waals surface area contributed by atoms with Crippen LogP contribution < -0.4 is 5.32 Å². The van der Waals surface area contributed by atoms with Crippen LogP contribution in [0.4, 0.5) is 10.5 Å². The first kappa shape index (κ1) is 15.1. The number of amides is 2. The number of pyridine rings is 1. The average Bonchev–Trinajstić information content (AvgIpc) is 3.23. The van der Waals surface area contributed by atoms with Gasteiger partial charge in [-0.2, -0.15) is 0 Å². The molecule has 1 fully saturated rings. The Bertz CT molecular complexity index is 760. The maximum absolute atomic E-state index is 12.5. The number of ether oxygens (including phenoxy) is 1. The smallest absolute Gasteiger partial charge is 0.322 e. The van der Waals surface area contributed by atoms with Gasteiger partial charge in [-0.15, -0.1) is 10.2 Å². The van der Waals surface area contributed by atoms with Gasteiger partial charge in [0.2, 0.25) is 11.8 Å². The van der Waals surface area contributed by atoms with Crippen LogP contribution in [0.5, 0.6) is 0 Å². The molecule has 126 valence electrons. The molecule has 1 aliphatic heterocycles. The molecule has 0 unspecified atom stereocenters. The van der Waals surface area contributed by atoms with Gasteiger partial charge in [-0.3, -0.25) is 4.98 Å². The van der Waals surface area contributed by atoms with E-state index in [1.165, 1.54) is 5.56 Å². The Balaban J connectivity index is 1.42. The van der Waals surface area contributed by atoms with Crippen LogP contribution in [-0.4, -0.2) is 45.8 Å². The molecule has 24 heavy (non-hydrogen) atoms. The fourth-order valence-electron chi connectivity index (χ4n) is 3.12. The number of morpholine rings is 1. The van der Waals surface area contributed by atoms with Crippen LogP contribution in [0.3, 0.4) is 0 Å². The van der Waals surface area contributed by atoms with Gasteiger partial charge in [-0.25, -0.2) is 4.79 Å². The summed E-state index contributed by atoms with van der Waals surface area (Å²) in [6.07, 6.45) is 4.53. The Morgan fingerprint density at radius 3 is 3.12 bits per heavy atom. The summed E-state index contributed by atoms with van der Waals surface area (Å²) in [6, 6.07) is 1.85. The van der Waals surface area contributed by atoms with E-state index in [1.807, 2.05) is 6.07 Å². The summed E-state index contributed by atoms with van der Waals surface area (Å²) in [5.41, 5.74) is 3.11. The molecule has 2 aliphatic rings. The molecular formula is C16H19N5O3. The predicted molar refractivity (Wildman–Crippen MR) is 84.6 cm³/mol. The third kappa shape index (κ3) is 2.96. The summed E-state index contributed by atoms with van der Waals surface area (Å²) in [5, 5.41) is 10.7. The molecule has 0 spiro atoms. The van der Waals surface area contributed by atoms with E-state index >= 15 is 0 Å². The van der Waals surface area contributed by atoms with Crippen LogP contribution in [0.25, 0.3) is 0 Å². The number of carbonyl (C=O) groups excluding carboxylic acids is 1. The topological polar surface area (TPSA) is 93.4 Å². The molecule has 0 radical (unpaired) electrons. The van der Waals surface area contributed by atoms with Crippen molar-refractivity contribution in [2.24, 2.45) is 0 Å². The summed E-state index contributed by atoms with van der Waals surface area (Å²) in [5.74, 6) is 0.892. The highest BCUT2D eigenvalue weighted by atomic mass is 16.5. The molecule has 2 aromatic heterocycles. The van der Waals surface area contributed by atoms with Gasteiger partial charge in [0.05, 0.1) is 25.0 Å². The highest BCUT2D eigenvalue weighted by molar-refractivity contribution is 5.89. The molecule has 1 N–H and O–H groups in total. The second-order valence-corrected chi connectivity index (χ2v) is 6.08. The maximum Gasteiger partial charge on any atom is 0.322 e. The van der Waals surface area contributed by atoms with Crippen molar-refractivity contribution in [3.63, 3.8) is 0 Å². The largest absolute Gasteiger partial charge is 0.423 e. The monoisotopic (exact) mass is 329 g/mol. The molecule has 8 nitrogen and oxygen atoms in total. The quantitative estimate of drug-likeness (QED) is 0.904. The Kier molecular flexibility index (Phi) is 3.89. The van der Waals surface area contributed by atoms with Crippen LogP contribution in [0.1, 0.15) is 35.6 Å². The molecule has 2 aromatic rings. The third-order valence-corrected chi connectivity index (χ3v) is 4.34. The second-order valence-electron chi connectivity index (χ2n) is 6.08. The number of aromatic nitrogens is 3. The zero-order valence-electron chi connectivity index (χ0n) is 13.5. The van der Waals surface area contributed by atoms with Gasteiger partial charge in [0.25, 0.3) is 0 Å². The van der Waals surface area contributed by atoms with Crippen LogP contribution in [0.15, 0.2) is 16.7 Å². The molecule has 0 bridgehead atoms. The van der Waals surface area contributed by atoms with Crippen molar-refractivity contribution in [2.45, 2.75) is 32.3 Å². The average molecular weight is 329 g/mol. The van der Waals surface area contributed by atoms with Crippen LogP contribution in [0, 0.1) is 6.92 Å². The highest BCUT2D eigenvalue weighted by Crippen LogP contribution is 2.24. The number of rotatable bonds is 2. The summed E-state index contributed by atoms with van der Waals surface area (Å²) >= 11 is 0. The first-order valence-corrected chi connectivity index (χ1v) is 8.14. The molecule has 3 heterocycles. The van der Waals surface area contributed by atoms with Crippen molar-refractivity contribution in [1.29, 1.82) is 0 Å². The zero-order chi connectivity index (χ0) is 16.5. The molecule has 0 aromatic carbocycles. The predicted octanol–water partition coefficient (Wildman–Crippen LogP) is 1.87. The number of nitrogens with one attached hydrogen (secondary N) is 1. The lowest BCUT2D eigenvalue weighted by molar-refractivity contribution is -0.0274. The minimum atomic E-state index is -0.385. The number of carbonyl (C=O) groups is 1. The van der Waals surface area contributed by atoms with Crippen molar-refractivity contribution < 1.29 is 13.9 Å². The molecular weight excluding hydrogens is 310 g/mol. The van der Waals surface area contributed by atoms with E-state index in [0.717, 1.165) is 30.6 Å². The molecule has 1 atom stereocenters. The third-order valence-electron chi connectivity index (χ3n) is 4.34. The van der Waals surface area contributed by atoms with Crippen molar-refractivity contribution in [1.82, 2.24) is 20.1 Å². The molecule has 0 saturated carbocycles.